The minimum absolute atomic E-state index is 0.328. The van der Waals surface area contributed by atoms with E-state index in [4.69, 9.17) is 4.42 Å². The van der Waals surface area contributed by atoms with Gasteiger partial charge in [-0.15, -0.1) is 0 Å². The van der Waals surface area contributed by atoms with Crippen LogP contribution in [-0.4, -0.2) is 11.1 Å². The highest BCUT2D eigenvalue weighted by molar-refractivity contribution is 8.18. The van der Waals surface area contributed by atoms with E-state index >= 15 is 0 Å². The van der Waals surface area contributed by atoms with Crippen LogP contribution in [0.4, 0.5) is 4.79 Å². The molecule has 84 valence electrons. The van der Waals surface area contributed by atoms with Gasteiger partial charge in [0.25, 0.3) is 11.1 Å². The molecular formula is C12H7NO3S. The summed E-state index contributed by atoms with van der Waals surface area (Å²) in [5, 5.41) is 2.86. The molecule has 1 fully saturated rings. The Morgan fingerprint density at radius 1 is 1.24 bits per heavy atom. The number of nitrogens with one attached hydrogen (secondary N) is 1. The fourth-order valence-electron chi connectivity index (χ4n) is 1.65. The zero-order valence-corrected chi connectivity index (χ0v) is 9.41. The number of thioether (sulfide) groups is 1. The van der Waals surface area contributed by atoms with E-state index in [1.807, 2.05) is 24.3 Å². The number of carbonyl (C=O) groups is 2. The molecule has 0 radical (unpaired) electrons. The first-order valence-corrected chi connectivity index (χ1v) is 5.76. The van der Waals surface area contributed by atoms with Crippen LogP contribution in [0.25, 0.3) is 17.0 Å². The number of amides is 2. The van der Waals surface area contributed by atoms with Gasteiger partial charge in [0, 0.05) is 5.39 Å². The quantitative estimate of drug-likeness (QED) is 0.785. The monoisotopic (exact) mass is 245 g/mol. The standard InChI is InChI=1S/C12H7NO3S/c14-11-10(17-12(15)13-11)6-7-1-2-9-8(5-7)3-4-16-9/h1-6H,(H,13,14,15). The number of hydrogen-bond acceptors (Lipinski definition) is 4. The molecule has 17 heavy (non-hydrogen) atoms. The molecule has 2 heterocycles. The summed E-state index contributed by atoms with van der Waals surface area (Å²) in [5.74, 6) is -0.340. The SMILES string of the molecule is O=C1NC(=O)C(=Cc2ccc3occc3c2)S1. The van der Waals surface area contributed by atoms with Crippen molar-refractivity contribution in [2.45, 2.75) is 0 Å². The molecule has 2 amide bonds. The highest BCUT2D eigenvalue weighted by Gasteiger charge is 2.24. The van der Waals surface area contributed by atoms with Crippen molar-refractivity contribution in [3.8, 4) is 0 Å². The summed E-state index contributed by atoms with van der Waals surface area (Å²) < 4.78 is 5.22. The summed E-state index contributed by atoms with van der Waals surface area (Å²) in [6.07, 6.45) is 3.31. The smallest absolute Gasteiger partial charge is 0.290 e. The Morgan fingerprint density at radius 3 is 2.88 bits per heavy atom. The molecule has 0 aliphatic carbocycles. The third-order valence-electron chi connectivity index (χ3n) is 2.42. The molecule has 1 N–H and O–H groups in total. The topological polar surface area (TPSA) is 59.3 Å². The van der Waals surface area contributed by atoms with Gasteiger partial charge >= 0.3 is 0 Å². The fourth-order valence-corrected chi connectivity index (χ4v) is 2.33. The molecule has 4 nitrogen and oxygen atoms in total. The van der Waals surface area contributed by atoms with Crippen LogP contribution in [0.5, 0.6) is 0 Å². The summed E-state index contributed by atoms with van der Waals surface area (Å²) in [6, 6.07) is 7.43. The maximum absolute atomic E-state index is 11.4. The predicted molar refractivity (Wildman–Crippen MR) is 65.3 cm³/mol. The van der Waals surface area contributed by atoms with E-state index in [9.17, 15) is 9.59 Å². The van der Waals surface area contributed by atoms with E-state index in [1.165, 1.54) is 0 Å². The molecule has 5 heteroatoms. The third kappa shape index (κ3) is 1.85. The van der Waals surface area contributed by atoms with Gasteiger partial charge in [0.05, 0.1) is 11.2 Å². The van der Waals surface area contributed by atoms with Crippen molar-refractivity contribution in [3.63, 3.8) is 0 Å². The van der Waals surface area contributed by atoms with Crippen molar-refractivity contribution in [2.24, 2.45) is 0 Å². The second-order valence-electron chi connectivity index (χ2n) is 3.57. The number of imide groups is 1. The van der Waals surface area contributed by atoms with Gasteiger partial charge in [-0.3, -0.25) is 14.9 Å². The van der Waals surface area contributed by atoms with Crippen molar-refractivity contribution >= 4 is 40.0 Å². The Balaban J connectivity index is 2.01. The first-order chi connectivity index (χ1) is 8.22. The summed E-state index contributed by atoms with van der Waals surface area (Å²) in [7, 11) is 0. The van der Waals surface area contributed by atoms with E-state index < -0.39 is 0 Å². The summed E-state index contributed by atoms with van der Waals surface area (Å²) in [4.78, 5) is 22.8. The largest absolute Gasteiger partial charge is 0.464 e. The van der Waals surface area contributed by atoms with Crippen molar-refractivity contribution in [1.29, 1.82) is 0 Å². The lowest BCUT2D eigenvalue weighted by atomic mass is 10.1. The second kappa shape index (κ2) is 3.78. The van der Waals surface area contributed by atoms with Gasteiger partial charge < -0.3 is 4.42 Å². The molecule has 1 aromatic heterocycles. The molecule has 1 aliphatic rings. The maximum Gasteiger partial charge on any atom is 0.290 e. The zero-order chi connectivity index (χ0) is 11.8. The van der Waals surface area contributed by atoms with Gasteiger partial charge in [0.15, 0.2) is 0 Å². The lowest BCUT2D eigenvalue weighted by molar-refractivity contribution is -0.115. The van der Waals surface area contributed by atoms with Crippen LogP contribution in [0.2, 0.25) is 0 Å². The Kier molecular flexibility index (Phi) is 2.26. The molecule has 0 spiro atoms. The van der Waals surface area contributed by atoms with Gasteiger partial charge in [-0.2, -0.15) is 0 Å². The third-order valence-corrected chi connectivity index (χ3v) is 3.23. The lowest BCUT2D eigenvalue weighted by Crippen LogP contribution is -2.17. The highest BCUT2D eigenvalue weighted by Crippen LogP contribution is 2.26. The van der Waals surface area contributed by atoms with E-state index in [2.05, 4.69) is 5.32 Å². The maximum atomic E-state index is 11.4. The van der Waals surface area contributed by atoms with Crippen molar-refractivity contribution in [2.75, 3.05) is 0 Å². The average Bonchev–Trinajstić information content (AvgIpc) is 2.85. The number of rotatable bonds is 1. The molecule has 0 unspecified atom stereocenters. The van der Waals surface area contributed by atoms with Gasteiger partial charge in [-0.05, 0) is 41.6 Å². The first-order valence-electron chi connectivity index (χ1n) is 4.94. The molecular weight excluding hydrogens is 238 g/mol. The van der Waals surface area contributed by atoms with Gasteiger partial charge in [-0.25, -0.2) is 0 Å². The average molecular weight is 245 g/mol. The number of hydrogen-bond donors (Lipinski definition) is 1. The Labute approximate surface area is 101 Å². The Hall–Kier alpha value is -2.01. The van der Waals surface area contributed by atoms with Crippen LogP contribution >= 0.6 is 11.8 Å². The van der Waals surface area contributed by atoms with Gasteiger partial charge in [0.1, 0.15) is 5.58 Å². The molecule has 0 atom stereocenters. The number of carbonyl (C=O) groups excluding carboxylic acids is 2. The second-order valence-corrected chi connectivity index (χ2v) is 4.58. The summed E-state index contributed by atoms with van der Waals surface area (Å²) in [5.41, 5.74) is 1.66. The van der Waals surface area contributed by atoms with Crippen molar-refractivity contribution < 1.29 is 14.0 Å². The number of furan rings is 1. The predicted octanol–water partition coefficient (Wildman–Crippen LogP) is 2.76. The summed E-state index contributed by atoms with van der Waals surface area (Å²) >= 11 is 0.914. The minimum Gasteiger partial charge on any atom is -0.464 e. The molecule has 3 rings (SSSR count). The first kappa shape index (κ1) is 10.2. The van der Waals surface area contributed by atoms with E-state index in [1.54, 1.807) is 12.3 Å². The molecule has 2 aromatic rings. The Bertz CT molecular complexity index is 657. The lowest BCUT2D eigenvalue weighted by Gasteiger charge is -1.95. The van der Waals surface area contributed by atoms with Crippen LogP contribution < -0.4 is 5.32 Å². The van der Waals surface area contributed by atoms with E-state index in [-0.39, 0.29) is 11.1 Å². The summed E-state index contributed by atoms with van der Waals surface area (Å²) in [6.45, 7) is 0. The van der Waals surface area contributed by atoms with E-state index in [0.717, 1.165) is 28.3 Å². The normalized spacial score (nSPS) is 18.0. The number of fused-ring (bicyclic) bond motifs is 1. The fraction of sp³-hybridized carbons (Fsp3) is 0. The van der Waals surface area contributed by atoms with Crippen LogP contribution in [0.15, 0.2) is 39.9 Å². The molecule has 0 saturated carbocycles. The molecule has 1 aromatic carbocycles. The minimum atomic E-state index is -0.340. The zero-order valence-electron chi connectivity index (χ0n) is 8.60. The highest BCUT2D eigenvalue weighted by atomic mass is 32.2. The number of benzene rings is 1. The van der Waals surface area contributed by atoms with Crippen LogP contribution in [0.3, 0.4) is 0 Å². The van der Waals surface area contributed by atoms with Gasteiger partial charge in [0.2, 0.25) is 0 Å². The molecule has 1 saturated heterocycles. The van der Waals surface area contributed by atoms with Crippen molar-refractivity contribution in [1.82, 2.24) is 5.32 Å². The molecule has 1 aliphatic heterocycles. The van der Waals surface area contributed by atoms with Gasteiger partial charge in [-0.1, -0.05) is 6.07 Å². The van der Waals surface area contributed by atoms with Crippen LogP contribution in [0, 0.1) is 0 Å². The van der Waals surface area contributed by atoms with E-state index in [0.29, 0.717) is 4.91 Å². The Morgan fingerprint density at radius 2 is 2.12 bits per heavy atom. The van der Waals surface area contributed by atoms with Crippen LogP contribution in [0.1, 0.15) is 5.56 Å². The van der Waals surface area contributed by atoms with Crippen molar-refractivity contribution in [3.05, 3.63) is 41.0 Å². The van der Waals surface area contributed by atoms with Crippen LogP contribution in [-0.2, 0) is 4.79 Å². The molecule has 0 bridgehead atoms.